The van der Waals surface area contributed by atoms with Crippen molar-refractivity contribution in [2.45, 2.75) is 131 Å². The minimum absolute atomic E-state index is 0.0933. The van der Waals surface area contributed by atoms with Crippen LogP contribution in [0.25, 0.3) is 44.5 Å². The topological polar surface area (TPSA) is 105 Å². The Morgan fingerprint density at radius 2 is 0.630 bits per heavy atom. The molecular formula is C84H88N4O4. The number of nitrogens with one attached hydrogen (secondary N) is 2. The summed E-state index contributed by atoms with van der Waals surface area (Å²) in [5, 5.41) is 32.6. The summed E-state index contributed by atoms with van der Waals surface area (Å²) in [5.74, 6) is -2.24. The molecule has 8 nitrogen and oxygen atoms in total. The summed E-state index contributed by atoms with van der Waals surface area (Å²) in [7, 11) is 0. The van der Waals surface area contributed by atoms with Crippen molar-refractivity contribution in [3.05, 3.63) is 264 Å². The van der Waals surface area contributed by atoms with E-state index in [4.69, 9.17) is 0 Å². The second kappa shape index (κ2) is 29.3. The summed E-state index contributed by atoms with van der Waals surface area (Å²) >= 11 is 0. The Morgan fingerprint density at radius 1 is 0.370 bits per heavy atom. The summed E-state index contributed by atoms with van der Waals surface area (Å²) < 4.78 is 0. The number of aliphatic hydroxyl groups excluding tert-OH is 2. The van der Waals surface area contributed by atoms with E-state index in [1.54, 1.807) is 0 Å². The van der Waals surface area contributed by atoms with Crippen LogP contribution in [0.3, 0.4) is 0 Å². The van der Waals surface area contributed by atoms with Crippen molar-refractivity contribution in [2.24, 2.45) is 11.8 Å². The molecular weight excluding hydrogens is 1130 g/mol. The number of anilines is 8. The van der Waals surface area contributed by atoms with Gasteiger partial charge in [-0.2, -0.15) is 0 Å². The van der Waals surface area contributed by atoms with Gasteiger partial charge in [-0.1, -0.05) is 211 Å². The fraction of sp³-hybridized carbons (Fsp3) is 0.262. The number of benzene rings is 10. The molecule has 8 heteroatoms. The SMILES string of the molecule is CCCCC(CC)C(=O)Nc1cc(N(c2ccc(-c3ccccc3C)cc2)c2ccc(-c3ccccc3C)cc2)ccc1C1C(O)C(c2ccc(N(c3ccc(-c4ccccc4C)cc3)c3ccc(-c4ccccc4C)cc3)cc2NC(=O)C(CC)CCCC)C1O. The molecule has 0 spiro atoms. The molecule has 10 aromatic carbocycles. The number of nitrogens with zero attached hydrogens (tertiary/aromatic N) is 2. The predicted octanol–water partition coefficient (Wildman–Crippen LogP) is 21.4. The monoisotopic (exact) mass is 1220 g/mol. The normalized spacial score (nSPS) is 15.8. The third-order valence-corrected chi connectivity index (χ3v) is 19.2. The Hall–Kier alpha value is -9.34. The Morgan fingerprint density at radius 3 is 0.880 bits per heavy atom. The van der Waals surface area contributed by atoms with Gasteiger partial charge in [0.25, 0.3) is 0 Å². The van der Waals surface area contributed by atoms with Gasteiger partial charge >= 0.3 is 0 Å². The zero-order chi connectivity index (χ0) is 64.4. The van der Waals surface area contributed by atoms with Gasteiger partial charge < -0.3 is 30.6 Å². The highest BCUT2D eigenvalue weighted by atomic mass is 16.3. The maximum atomic E-state index is 14.7. The number of rotatable bonds is 24. The first-order chi connectivity index (χ1) is 44.8. The van der Waals surface area contributed by atoms with Gasteiger partial charge in [-0.05, 0) is 204 Å². The number of carbonyl (C=O) groups excluding carboxylic acids is 2. The largest absolute Gasteiger partial charge is 0.392 e. The van der Waals surface area contributed by atoms with Crippen LogP contribution in [-0.4, -0.2) is 34.2 Å². The van der Waals surface area contributed by atoms with Gasteiger partial charge in [0.2, 0.25) is 11.8 Å². The first-order valence-electron chi connectivity index (χ1n) is 33.3. The van der Waals surface area contributed by atoms with Crippen LogP contribution in [0.2, 0.25) is 0 Å². The fourth-order valence-electron chi connectivity index (χ4n) is 13.7. The summed E-state index contributed by atoms with van der Waals surface area (Å²) in [5.41, 5.74) is 21.5. The maximum absolute atomic E-state index is 14.7. The molecule has 0 aromatic heterocycles. The lowest BCUT2D eigenvalue weighted by Crippen LogP contribution is -2.52. The van der Waals surface area contributed by atoms with E-state index in [0.29, 0.717) is 35.3 Å². The molecule has 2 amide bonds. The Balaban J connectivity index is 1.00. The molecule has 0 saturated heterocycles. The van der Waals surface area contributed by atoms with Gasteiger partial charge in [-0.25, -0.2) is 0 Å². The molecule has 0 bridgehead atoms. The molecule has 2 unspecified atom stereocenters. The molecule has 2 atom stereocenters. The Kier molecular flexibility index (Phi) is 20.4. The molecule has 1 fully saturated rings. The number of aliphatic hydroxyl groups is 2. The van der Waals surface area contributed by atoms with Crippen molar-refractivity contribution in [3.8, 4) is 44.5 Å². The molecule has 468 valence electrons. The number of aryl methyl sites for hydroxylation is 4. The molecule has 0 radical (unpaired) electrons. The van der Waals surface area contributed by atoms with E-state index in [1.165, 1.54) is 22.3 Å². The van der Waals surface area contributed by atoms with E-state index in [2.05, 4.69) is 270 Å². The average molecular weight is 1220 g/mol. The lowest BCUT2D eigenvalue weighted by molar-refractivity contribution is -0.121. The number of unbranched alkanes of at least 4 members (excludes halogenated alkanes) is 2. The summed E-state index contributed by atoms with van der Waals surface area (Å²) in [6.45, 7) is 16.9. The van der Waals surface area contributed by atoms with Crippen LogP contribution in [0.5, 0.6) is 0 Å². The average Bonchev–Trinajstić information content (AvgIpc) is 0.736. The van der Waals surface area contributed by atoms with Crippen molar-refractivity contribution in [1.82, 2.24) is 0 Å². The second-order valence-corrected chi connectivity index (χ2v) is 25.2. The van der Waals surface area contributed by atoms with Gasteiger partial charge in [0.1, 0.15) is 0 Å². The van der Waals surface area contributed by atoms with Crippen LogP contribution >= 0.6 is 0 Å². The summed E-state index contributed by atoms with van der Waals surface area (Å²) in [6, 6.07) is 80.1. The Labute approximate surface area is 545 Å². The van der Waals surface area contributed by atoms with Crippen LogP contribution in [-0.2, 0) is 9.59 Å². The van der Waals surface area contributed by atoms with Gasteiger partial charge in [-0.15, -0.1) is 0 Å². The minimum Gasteiger partial charge on any atom is -0.392 e. The second-order valence-electron chi connectivity index (χ2n) is 25.2. The van der Waals surface area contributed by atoms with Crippen molar-refractivity contribution >= 4 is 57.3 Å². The molecule has 0 aliphatic heterocycles. The third-order valence-electron chi connectivity index (χ3n) is 19.2. The summed E-state index contributed by atoms with van der Waals surface area (Å²) in [4.78, 5) is 33.8. The lowest BCUT2D eigenvalue weighted by Gasteiger charge is -2.48. The minimum atomic E-state index is -1.10. The van der Waals surface area contributed by atoms with Gasteiger partial charge in [-0.3, -0.25) is 9.59 Å². The molecule has 1 aliphatic carbocycles. The first-order valence-corrected chi connectivity index (χ1v) is 33.3. The highest BCUT2D eigenvalue weighted by molar-refractivity contribution is 5.96. The molecule has 10 aromatic rings. The van der Waals surface area contributed by atoms with Crippen LogP contribution in [0, 0.1) is 39.5 Å². The molecule has 11 rings (SSSR count). The van der Waals surface area contributed by atoms with Crippen LogP contribution in [0.4, 0.5) is 45.5 Å². The van der Waals surface area contributed by atoms with Crippen LogP contribution in [0.1, 0.15) is 124 Å². The molecule has 0 heterocycles. The molecule has 1 saturated carbocycles. The standard InChI is InChI=1S/C84H88N4O4/c1-9-13-27-59(11-3)83(91)85-77-53-69(87(65-41-33-61(34-42-65)71-29-19-15-23-55(71)5)66-43-35-62(36-44-66)72-30-20-16-24-56(72)6)49-51-75(77)79-81(89)80(82(79)90)76-52-50-70(54-78(76)86-84(92)60(12-4)28-14-10-2)88(67-45-37-63(38-46-67)73-31-21-17-25-57(73)7)68-47-39-64(40-48-68)74-32-22-18-26-58(74)8/h15-26,29-54,59-60,79-82,89-90H,9-14,27-28H2,1-8H3,(H,85,91)(H,86,92). The van der Waals surface area contributed by atoms with E-state index < -0.39 is 24.0 Å². The quantitative estimate of drug-likeness (QED) is 0.0480. The third kappa shape index (κ3) is 13.8. The number of amides is 2. The Bertz CT molecular complexity index is 3700. The smallest absolute Gasteiger partial charge is 0.227 e. The highest BCUT2D eigenvalue weighted by Crippen LogP contribution is 2.54. The molecule has 4 N–H and O–H groups in total. The maximum Gasteiger partial charge on any atom is 0.227 e. The van der Waals surface area contributed by atoms with Gasteiger partial charge in [0, 0.05) is 69.2 Å². The van der Waals surface area contributed by atoms with E-state index in [0.717, 1.165) is 117 Å². The highest BCUT2D eigenvalue weighted by Gasteiger charge is 2.52. The van der Waals surface area contributed by atoms with Crippen molar-refractivity contribution < 1.29 is 19.8 Å². The number of hydrogen-bond donors (Lipinski definition) is 4. The number of carbonyl (C=O) groups is 2. The van der Waals surface area contributed by atoms with Gasteiger partial charge in [0.15, 0.2) is 0 Å². The first kappa shape index (κ1) is 64.2. The van der Waals surface area contributed by atoms with E-state index in [9.17, 15) is 19.8 Å². The number of hydrogen-bond acceptors (Lipinski definition) is 6. The predicted molar refractivity (Wildman–Crippen MR) is 384 cm³/mol. The van der Waals surface area contributed by atoms with Crippen LogP contribution < -0.4 is 20.4 Å². The van der Waals surface area contributed by atoms with Crippen molar-refractivity contribution in [3.63, 3.8) is 0 Å². The summed E-state index contributed by atoms with van der Waals surface area (Å²) in [6.07, 6.45) is 4.39. The van der Waals surface area contributed by atoms with Crippen LogP contribution in [0.15, 0.2) is 231 Å². The molecule has 1 aliphatic rings. The zero-order valence-electron chi connectivity index (χ0n) is 54.7. The van der Waals surface area contributed by atoms with E-state index >= 15 is 0 Å². The van der Waals surface area contributed by atoms with Gasteiger partial charge in [0.05, 0.1) is 12.2 Å². The zero-order valence-corrected chi connectivity index (χ0v) is 54.7. The lowest BCUT2D eigenvalue weighted by atomic mass is 9.62. The molecule has 92 heavy (non-hydrogen) atoms. The van der Waals surface area contributed by atoms with Crippen molar-refractivity contribution in [2.75, 3.05) is 20.4 Å². The van der Waals surface area contributed by atoms with E-state index in [1.807, 2.05) is 36.4 Å². The fourth-order valence-corrected chi connectivity index (χ4v) is 13.7. The van der Waals surface area contributed by atoms with E-state index in [-0.39, 0.29) is 23.7 Å². The van der Waals surface area contributed by atoms with Crippen molar-refractivity contribution in [1.29, 1.82) is 0 Å².